The highest BCUT2D eigenvalue weighted by Gasteiger charge is 2.05. The number of aromatic hydroxyl groups is 1. The zero-order chi connectivity index (χ0) is 15.4. The fourth-order valence-corrected chi connectivity index (χ4v) is 2.15. The molecule has 108 valence electrons. The first-order chi connectivity index (χ1) is 10.8. The molecule has 0 fully saturated rings. The van der Waals surface area contributed by atoms with E-state index in [4.69, 9.17) is 4.74 Å². The highest BCUT2D eigenvalue weighted by Crippen LogP contribution is 2.34. The number of phenols is 1. The molecule has 0 unspecified atom stereocenters. The van der Waals surface area contributed by atoms with Crippen molar-refractivity contribution in [1.82, 2.24) is 0 Å². The van der Waals surface area contributed by atoms with E-state index in [1.54, 1.807) is 36.4 Å². The van der Waals surface area contributed by atoms with E-state index in [2.05, 4.69) is 10.2 Å². The number of azo groups is 1. The minimum Gasteiger partial charge on any atom is -0.507 e. The molecule has 0 heterocycles. The number of phenolic OH excluding ortho intramolecular Hbond substituents is 1. The van der Waals surface area contributed by atoms with Crippen molar-refractivity contribution in [2.75, 3.05) is 0 Å². The predicted octanol–water partition coefficient (Wildman–Crippen LogP) is 4.50. The van der Waals surface area contributed by atoms with Crippen LogP contribution in [0, 0.1) is 0 Å². The predicted molar refractivity (Wildman–Crippen MR) is 82.9 cm³/mol. The Hall–Kier alpha value is -3.21. The van der Waals surface area contributed by atoms with Crippen LogP contribution in [0.5, 0.6) is 11.5 Å². The van der Waals surface area contributed by atoms with Gasteiger partial charge in [0, 0.05) is 10.8 Å². The lowest BCUT2D eigenvalue weighted by molar-refractivity contribution is -0.120. The van der Waals surface area contributed by atoms with E-state index in [0.29, 0.717) is 29.0 Å². The lowest BCUT2D eigenvalue weighted by Crippen LogP contribution is -1.87. The molecule has 0 radical (unpaired) electrons. The normalized spacial score (nSPS) is 10.9. The van der Waals surface area contributed by atoms with Gasteiger partial charge in [0.05, 0.1) is 5.69 Å². The second-order valence-electron chi connectivity index (χ2n) is 4.53. The smallest absolute Gasteiger partial charge is 0.298 e. The molecule has 0 spiro atoms. The molecule has 0 aliphatic rings. The Morgan fingerprint density at radius 2 is 1.50 bits per heavy atom. The van der Waals surface area contributed by atoms with Gasteiger partial charge in [0.1, 0.15) is 11.4 Å². The number of rotatable bonds is 4. The van der Waals surface area contributed by atoms with E-state index < -0.39 is 0 Å². The summed E-state index contributed by atoms with van der Waals surface area (Å²) in [6.45, 7) is 0.351. The van der Waals surface area contributed by atoms with E-state index in [1.807, 2.05) is 24.3 Å². The standard InChI is InChI=1S/C17H12N2O3/c20-11-22-17-8-4-3-7-15(17)19-18-14-9-10-16(21)13-6-2-1-5-12(13)14/h1-11,21H. The molecular weight excluding hydrogens is 280 g/mol. The van der Waals surface area contributed by atoms with Crippen LogP contribution in [0.2, 0.25) is 0 Å². The SMILES string of the molecule is O=COc1ccccc1N=Nc1ccc(O)c2ccccc12. The molecule has 0 bridgehead atoms. The minimum absolute atomic E-state index is 0.194. The first-order valence-corrected chi connectivity index (χ1v) is 6.61. The molecule has 5 nitrogen and oxygen atoms in total. The van der Waals surface area contributed by atoms with Gasteiger partial charge in [0.2, 0.25) is 0 Å². The molecule has 3 rings (SSSR count). The van der Waals surface area contributed by atoms with E-state index in [1.165, 1.54) is 0 Å². The van der Waals surface area contributed by atoms with Crippen molar-refractivity contribution < 1.29 is 14.6 Å². The number of hydrogen-bond donors (Lipinski definition) is 1. The van der Waals surface area contributed by atoms with E-state index in [0.717, 1.165) is 5.39 Å². The van der Waals surface area contributed by atoms with Crippen LogP contribution < -0.4 is 4.74 Å². The first-order valence-electron chi connectivity index (χ1n) is 6.61. The van der Waals surface area contributed by atoms with Crippen molar-refractivity contribution >= 4 is 28.6 Å². The van der Waals surface area contributed by atoms with Crippen LogP contribution in [0.4, 0.5) is 11.4 Å². The van der Waals surface area contributed by atoms with Crippen LogP contribution in [-0.2, 0) is 4.79 Å². The largest absolute Gasteiger partial charge is 0.507 e. The summed E-state index contributed by atoms with van der Waals surface area (Å²) in [7, 11) is 0. The second kappa shape index (κ2) is 6.05. The zero-order valence-corrected chi connectivity index (χ0v) is 11.5. The van der Waals surface area contributed by atoms with E-state index in [-0.39, 0.29) is 5.75 Å². The number of hydrogen-bond acceptors (Lipinski definition) is 5. The number of para-hydroxylation sites is 1. The van der Waals surface area contributed by atoms with Gasteiger partial charge in [-0.15, -0.1) is 10.2 Å². The molecule has 5 heteroatoms. The van der Waals surface area contributed by atoms with Gasteiger partial charge in [-0.1, -0.05) is 36.4 Å². The topological polar surface area (TPSA) is 71.2 Å². The number of nitrogens with zero attached hydrogens (tertiary/aromatic N) is 2. The molecule has 0 aromatic heterocycles. The van der Waals surface area contributed by atoms with Crippen molar-refractivity contribution in [2.24, 2.45) is 10.2 Å². The monoisotopic (exact) mass is 292 g/mol. The average Bonchev–Trinajstić information content (AvgIpc) is 2.56. The summed E-state index contributed by atoms with van der Waals surface area (Å²) in [6, 6.07) is 17.5. The fourth-order valence-electron chi connectivity index (χ4n) is 2.15. The summed E-state index contributed by atoms with van der Waals surface area (Å²) in [5, 5.41) is 19.7. The maximum absolute atomic E-state index is 10.5. The van der Waals surface area contributed by atoms with Crippen LogP contribution in [0.3, 0.4) is 0 Å². The molecule has 3 aromatic carbocycles. The number of ether oxygens (including phenoxy) is 1. The number of fused-ring (bicyclic) bond motifs is 1. The molecule has 0 saturated carbocycles. The van der Waals surface area contributed by atoms with Crippen molar-refractivity contribution in [3.05, 3.63) is 60.7 Å². The van der Waals surface area contributed by atoms with Crippen LogP contribution in [0.25, 0.3) is 10.8 Å². The zero-order valence-electron chi connectivity index (χ0n) is 11.5. The van der Waals surface area contributed by atoms with Crippen LogP contribution in [0.1, 0.15) is 0 Å². The Labute approximate surface area is 126 Å². The van der Waals surface area contributed by atoms with Crippen LogP contribution in [-0.4, -0.2) is 11.6 Å². The molecule has 0 saturated heterocycles. The molecule has 3 aromatic rings. The van der Waals surface area contributed by atoms with E-state index in [9.17, 15) is 9.90 Å². The summed E-state index contributed by atoms with van der Waals surface area (Å²) in [5.41, 5.74) is 1.07. The maximum atomic E-state index is 10.5. The Balaban J connectivity index is 2.04. The van der Waals surface area contributed by atoms with Gasteiger partial charge in [0.15, 0.2) is 5.75 Å². The fraction of sp³-hybridized carbons (Fsp3) is 0. The Kier molecular flexibility index (Phi) is 3.78. The van der Waals surface area contributed by atoms with Gasteiger partial charge in [-0.05, 0) is 24.3 Å². The van der Waals surface area contributed by atoms with Gasteiger partial charge in [-0.25, -0.2) is 0 Å². The van der Waals surface area contributed by atoms with E-state index >= 15 is 0 Å². The molecular formula is C17H12N2O3. The highest BCUT2D eigenvalue weighted by molar-refractivity contribution is 5.96. The summed E-state index contributed by atoms with van der Waals surface area (Å²) >= 11 is 0. The Morgan fingerprint density at radius 3 is 2.32 bits per heavy atom. The van der Waals surface area contributed by atoms with Gasteiger partial charge >= 0.3 is 0 Å². The summed E-state index contributed by atoms with van der Waals surface area (Å²) in [6.07, 6.45) is 0. The van der Waals surface area contributed by atoms with Crippen LogP contribution >= 0.6 is 0 Å². The molecule has 22 heavy (non-hydrogen) atoms. The number of carbonyl (C=O) groups is 1. The average molecular weight is 292 g/mol. The molecule has 0 aliphatic heterocycles. The molecule has 0 aliphatic carbocycles. The first kappa shape index (κ1) is 13.8. The number of carbonyl (C=O) groups excluding carboxylic acids is 1. The third-order valence-electron chi connectivity index (χ3n) is 3.18. The Bertz CT molecular complexity index is 859. The summed E-state index contributed by atoms with van der Waals surface area (Å²) in [4.78, 5) is 10.5. The van der Waals surface area contributed by atoms with Crippen molar-refractivity contribution in [1.29, 1.82) is 0 Å². The summed E-state index contributed by atoms with van der Waals surface area (Å²) in [5.74, 6) is 0.531. The quantitative estimate of drug-likeness (QED) is 0.568. The third-order valence-corrected chi connectivity index (χ3v) is 3.18. The second-order valence-corrected chi connectivity index (χ2v) is 4.53. The van der Waals surface area contributed by atoms with Crippen molar-refractivity contribution in [2.45, 2.75) is 0 Å². The van der Waals surface area contributed by atoms with Gasteiger partial charge in [-0.3, -0.25) is 4.79 Å². The maximum Gasteiger partial charge on any atom is 0.298 e. The third kappa shape index (κ3) is 2.64. The highest BCUT2D eigenvalue weighted by atomic mass is 16.5. The number of benzene rings is 3. The van der Waals surface area contributed by atoms with Gasteiger partial charge in [0.25, 0.3) is 6.47 Å². The lowest BCUT2D eigenvalue weighted by atomic mass is 10.1. The Morgan fingerprint density at radius 1 is 0.818 bits per heavy atom. The van der Waals surface area contributed by atoms with Gasteiger partial charge in [-0.2, -0.15) is 0 Å². The summed E-state index contributed by atoms with van der Waals surface area (Å²) < 4.78 is 4.86. The molecule has 1 N–H and O–H groups in total. The van der Waals surface area contributed by atoms with Crippen molar-refractivity contribution in [3.8, 4) is 11.5 Å². The minimum atomic E-state index is 0.194. The molecule has 0 amide bonds. The lowest BCUT2D eigenvalue weighted by Gasteiger charge is -2.04. The van der Waals surface area contributed by atoms with Crippen molar-refractivity contribution in [3.63, 3.8) is 0 Å². The van der Waals surface area contributed by atoms with Gasteiger partial charge < -0.3 is 9.84 Å². The van der Waals surface area contributed by atoms with Crippen LogP contribution in [0.15, 0.2) is 70.9 Å². The molecule has 0 atom stereocenters.